The molecule has 2 aromatic rings. The Morgan fingerprint density at radius 1 is 1.12 bits per heavy atom. The van der Waals surface area contributed by atoms with Crippen molar-refractivity contribution in [2.45, 2.75) is 39.0 Å². The van der Waals surface area contributed by atoms with Crippen LogP contribution in [-0.2, 0) is 12.8 Å². The number of aromatic nitrogens is 1. The molecule has 0 saturated carbocycles. The monoisotopic (exact) mass is 224 g/mol. The lowest BCUT2D eigenvalue weighted by Gasteiger charge is -2.05. The van der Waals surface area contributed by atoms with E-state index in [1.54, 1.807) is 0 Å². The van der Waals surface area contributed by atoms with Gasteiger partial charge in [-0.1, -0.05) is 6.42 Å². The number of nitrogens with zero attached hydrogens (tertiary/aromatic N) is 1. The topological polar surface area (TPSA) is 39.6 Å². The van der Waals surface area contributed by atoms with Crippen molar-refractivity contribution in [3.05, 3.63) is 34.5 Å². The van der Waals surface area contributed by atoms with Crippen LogP contribution in [0.5, 0.6) is 0 Å². The minimum atomic E-state index is 0.812. The van der Waals surface area contributed by atoms with Crippen molar-refractivity contribution >= 4 is 10.9 Å². The van der Waals surface area contributed by atoms with Crippen LogP contribution < -0.4 is 0 Å². The Balaban J connectivity index is 2.26. The van der Waals surface area contributed by atoms with E-state index in [-0.39, 0.29) is 0 Å². The molecule has 0 aliphatic heterocycles. The molecular weight excluding hydrogens is 208 g/mol. The highest BCUT2D eigenvalue weighted by atomic mass is 14.7. The molecule has 0 amide bonds. The summed E-state index contributed by atoms with van der Waals surface area (Å²) in [6.07, 6.45) is 6.26. The highest BCUT2D eigenvalue weighted by Gasteiger charge is 2.13. The van der Waals surface area contributed by atoms with Crippen LogP contribution in [0, 0.1) is 18.3 Å². The number of rotatable bonds is 0. The van der Waals surface area contributed by atoms with E-state index in [0.717, 1.165) is 22.2 Å². The zero-order valence-electron chi connectivity index (χ0n) is 10.1. The number of hydrogen-bond donors (Lipinski definition) is 1. The van der Waals surface area contributed by atoms with Gasteiger partial charge in [-0.05, 0) is 55.9 Å². The Kier molecular flexibility index (Phi) is 2.40. The number of aromatic amines is 1. The van der Waals surface area contributed by atoms with E-state index in [9.17, 15) is 5.26 Å². The molecule has 3 rings (SSSR count). The second-order valence-corrected chi connectivity index (χ2v) is 4.96. The van der Waals surface area contributed by atoms with E-state index in [0.29, 0.717) is 0 Å². The van der Waals surface area contributed by atoms with Crippen molar-refractivity contribution in [2.24, 2.45) is 0 Å². The summed E-state index contributed by atoms with van der Waals surface area (Å²) in [6, 6.07) is 6.80. The van der Waals surface area contributed by atoms with E-state index < -0.39 is 0 Å². The fourth-order valence-electron chi connectivity index (χ4n) is 2.88. The molecule has 1 aromatic heterocycles. The van der Waals surface area contributed by atoms with E-state index in [4.69, 9.17) is 0 Å². The number of H-pyrrole nitrogens is 1. The Hall–Kier alpha value is -1.75. The van der Waals surface area contributed by atoms with Crippen molar-refractivity contribution in [1.82, 2.24) is 4.98 Å². The molecule has 1 aliphatic carbocycles. The molecule has 0 spiro atoms. The first kappa shape index (κ1) is 10.4. The number of benzene rings is 1. The summed E-state index contributed by atoms with van der Waals surface area (Å²) in [5.41, 5.74) is 5.85. The fraction of sp³-hybridized carbons (Fsp3) is 0.400. The zero-order valence-corrected chi connectivity index (χ0v) is 10.1. The van der Waals surface area contributed by atoms with Gasteiger partial charge in [0.1, 0.15) is 6.07 Å². The molecule has 2 heteroatoms. The quantitative estimate of drug-likeness (QED) is 0.682. The summed E-state index contributed by atoms with van der Waals surface area (Å²) in [5.74, 6) is 0. The van der Waals surface area contributed by atoms with Crippen LogP contribution in [0.4, 0.5) is 0 Å². The minimum Gasteiger partial charge on any atom is -0.357 e. The van der Waals surface area contributed by atoms with E-state index in [1.807, 2.05) is 6.92 Å². The molecule has 2 nitrogen and oxygen atoms in total. The highest BCUT2D eigenvalue weighted by Crippen LogP contribution is 2.28. The van der Waals surface area contributed by atoms with E-state index >= 15 is 0 Å². The third kappa shape index (κ3) is 1.63. The van der Waals surface area contributed by atoms with Crippen LogP contribution >= 0.6 is 0 Å². The third-order valence-corrected chi connectivity index (χ3v) is 3.81. The second kappa shape index (κ2) is 3.92. The molecule has 0 atom stereocenters. The molecule has 1 aromatic carbocycles. The smallest absolute Gasteiger partial charge is 0.102 e. The summed E-state index contributed by atoms with van der Waals surface area (Å²) in [6.45, 7) is 1.98. The summed E-state index contributed by atoms with van der Waals surface area (Å²) in [5, 5.41) is 10.3. The first-order chi connectivity index (χ1) is 8.29. The normalized spacial score (nSPS) is 15.3. The van der Waals surface area contributed by atoms with Crippen molar-refractivity contribution < 1.29 is 0 Å². The van der Waals surface area contributed by atoms with Gasteiger partial charge in [0, 0.05) is 16.6 Å². The lowest BCUT2D eigenvalue weighted by Crippen LogP contribution is -1.90. The standard InChI is InChI=1S/C15H16N2/c1-10-14(9-16)13-7-11-5-3-2-4-6-12(11)8-15(13)17-10/h7-8,17H,2-6H2,1H3. The van der Waals surface area contributed by atoms with Crippen molar-refractivity contribution in [3.8, 4) is 6.07 Å². The number of nitrogens with one attached hydrogen (secondary N) is 1. The molecule has 0 fully saturated rings. The fourth-order valence-corrected chi connectivity index (χ4v) is 2.88. The minimum absolute atomic E-state index is 0.812. The average Bonchev–Trinajstić information content (AvgIpc) is 2.49. The van der Waals surface area contributed by atoms with Gasteiger partial charge in [-0.15, -0.1) is 0 Å². The molecule has 17 heavy (non-hydrogen) atoms. The maximum absolute atomic E-state index is 9.19. The van der Waals surface area contributed by atoms with Gasteiger partial charge in [0.15, 0.2) is 0 Å². The van der Waals surface area contributed by atoms with Gasteiger partial charge in [-0.25, -0.2) is 0 Å². The van der Waals surface area contributed by atoms with Crippen LogP contribution in [0.3, 0.4) is 0 Å². The number of aryl methyl sites for hydroxylation is 3. The van der Waals surface area contributed by atoms with Crippen molar-refractivity contribution in [1.29, 1.82) is 5.26 Å². The molecule has 0 bridgehead atoms. The van der Waals surface area contributed by atoms with Gasteiger partial charge in [0.05, 0.1) is 5.56 Å². The SMILES string of the molecule is Cc1[nH]c2cc3c(cc2c1C#N)CCCCC3. The first-order valence-corrected chi connectivity index (χ1v) is 6.34. The summed E-state index contributed by atoms with van der Waals surface area (Å²) in [4.78, 5) is 3.33. The van der Waals surface area contributed by atoms with Gasteiger partial charge in [0.25, 0.3) is 0 Å². The maximum atomic E-state index is 9.19. The molecule has 86 valence electrons. The van der Waals surface area contributed by atoms with Crippen LogP contribution in [-0.4, -0.2) is 4.98 Å². The Bertz CT molecular complexity index is 614. The Labute approximate surface area is 101 Å². The molecule has 0 saturated heterocycles. The Morgan fingerprint density at radius 3 is 2.53 bits per heavy atom. The van der Waals surface area contributed by atoms with Gasteiger partial charge < -0.3 is 4.98 Å². The predicted octanol–water partition coefficient (Wildman–Crippen LogP) is 3.62. The molecule has 1 heterocycles. The zero-order chi connectivity index (χ0) is 11.8. The van der Waals surface area contributed by atoms with Crippen LogP contribution in [0.25, 0.3) is 10.9 Å². The Morgan fingerprint density at radius 2 is 1.82 bits per heavy atom. The third-order valence-electron chi connectivity index (χ3n) is 3.81. The number of hydrogen-bond acceptors (Lipinski definition) is 1. The summed E-state index contributed by atoms with van der Waals surface area (Å²) < 4.78 is 0. The molecule has 1 aliphatic rings. The van der Waals surface area contributed by atoms with Crippen LogP contribution in [0.1, 0.15) is 41.6 Å². The highest BCUT2D eigenvalue weighted by molar-refractivity contribution is 5.88. The van der Waals surface area contributed by atoms with Crippen LogP contribution in [0.2, 0.25) is 0 Å². The van der Waals surface area contributed by atoms with Crippen LogP contribution in [0.15, 0.2) is 12.1 Å². The maximum Gasteiger partial charge on any atom is 0.102 e. The van der Waals surface area contributed by atoms with E-state index in [1.165, 1.54) is 43.2 Å². The second-order valence-electron chi connectivity index (χ2n) is 4.96. The van der Waals surface area contributed by atoms with Gasteiger partial charge >= 0.3 is 0 Å². The van der Waals surface area contributed by atoms with Crippen molar-refractivity contribution in [2.75, 3.05) is 0 Å². The molecule has 0 unspecified atom stereocenters. The number of fused-ring (bicyclic) bond motifs is 2. The number of nitriles is 1. The van der Waals surface area contributed by atoms with Gasteiger partial charge in [-0.2, -0.15) is 5.26 Å². The largest absolute Gasteiger partial charge is 0.357 e. The first-order valence-electron chi connectivity index (χ1n) is 6.34. The summed E-state index contributed by atoms with van der Waals surface area (Å²) >= 11 is 0. The molecule has 0 radical (unpaired) electrons. The van der Waals surface area contributed by atoms with Gasteiger partial charge in [0.2, 0.25) is 0 Å². The van der Waals surface area contributed by atoms with E-state index in [2.05, 4.69) is 23.2 Å². The predicted molar refractivity (Wildman–Crippen MR) is 69.0 cm³/mol. The van der Waals surface area contributed by atoms with Gasteiger partial charge in [-0.3, -0.25) is 0 Å². The summed E-state index contributed by atoms with van der Waals surface area (Å²) in [7, 11) is 0. The van der Waals surface area contributed by atoms with Crippen molar-refractivity contribution in [3.63, 3.8) is 0 Å². The lowest BCUT2D eigenvalue weighted by molar-refractivity contribution is 0.712. The molecular formula is C15H16N2. The average molecular weight is 224 g/mol. The lowest BCUT2D eigenvalue weighted by atomic mass is 9.99. The molecule has 1 N–H and O–H groups in total.